The first-order valence-corrected chi connectivity index (χ1v) is 21.8. The van der Waals surface area contributed by atoms with Crippen LogP contribution < -0.4 is 29.6 Å². The molecule has 0 aliphatic carbocycles. The third-order valence-corrected chi connectivity index (χ3v) is 10.9. The Labute approximate surface area is 367 Å². The van der Waals surface area contributed by atoms with Crippen LogP contribution in [0.25, 0.3) is 12.2 Å². The van der Waals surface area contributed by atoms with E-state index in [-0.39, 0.29) is 40.8 Å². The molecule has 0 saturated heterocycles. The first-order chi connectivity index (χ1) is 31.0. The summed E-state index contributed by atoms with van der Waals surface area (Å²) < 4.78 is 87.3. The number of aromatic nitrogens is 4. The molecule has 0 spiro atoms. The molecule has 0 saturated carbocycles. The largest absolute Gasteiger partial charge is 0.439 e. The van der Waals surface area contributed by atoms with E-state index >= 15 is 0 Å². The Morgan fingerprint density at radius 2 is 0.875 bits per heavy atom. The number of ether oxygens (including phenoxy) is 4. The maximum absolute atomic E-state index is 13.3. The van der Waals surface area contributed by atoms with E-state index in [4.69, 9.17) is 18.9 Å². The lowest BCUT2D eigenvalue weighted by molar-refractivity contribution is 0.383. The standard InChI is InChI=1S/C46H34N6O10S2/c53-63(54,62-64(55,56)57)40-29-35(48-42-31-44(59-37-15-7-2-8-16-37)52-46(50-42)61-39-19-11-4-12-20-39)28-25-33(40)24-21-32-22-26-34(27-23-32)47-41-30-43(58-36-13-5-1-6-14-36)51-45(49-41)60-38-17-9-3-10-18-38/h1-31H,(H,47,49,51)(H,48,50,52)(H,55,56,57). The lowest BCUT2D eigenvalue weighted by Crippen LogP contribution is -2.14. The lowest BCUT2D eigenvalue weighted by atomic mass is 10.1. The summed E-state index contributed by atoms with van der Waals surface area (Å²) in [6.45, 7) is 0. The second kappa shape index (κ2) is 19.3. The van der Waals surface area contributed by atoms with Gasteiger partial charge in [-0.3, -0.25) is 4.55 Å². The van der Waals surface area contributed by atoms with Crippen LogP contribution in [-0.2, 0) is 24.1 Å². The van der Waals surface area contributed by atoms with Gasteiger partial charge in [-0.05, 0) is 83.9 Å². The highest BCUT2D eigenvalue weighted by atomic mass is 32.3. The minimum atomic E-state index is -5.44. The molecule has 0 atom stereocenters. The van der Waals surface area contributed by atoms with Crippen molar-refractivity contribution in [2.24, 2.45) is 0 Å². The molecule has 8 rings (SSSR count). The SMILES string of the molecule is O=S(=O)(O)OS(=O)(=O)c1cc(Nc2cc(Oc3ccccc3)nc(Oc3ccccc3)n2)ccc1C=Cc1ccc(Nc2cc(Oc3ccccc3)nc(Oc3ccccc3)n2)cc1. The van der Waals surface area contributed by atoms with E-state index in [2.05, 4.69) is 34.2 Å². The van der Waals surface area contributed by atoms with Crippen molar-refractivity contribution in [3.63, 3.8) is 0 Å². The molecule has 0 unspecified atom stereocenters. The molecule has 0 amide bonds. The summed E-state index contributed by atoms with van der Waals surface area (Å²) in [4.78, 5) is 17.1. The van der Waals surface area contributed by atoms with Gasteiger partial charge in [0.2, 0.25) is 11.8 Å². The Morgan fingerprint density at radius 3 is 1.33 bits per heavy atom. The van der Waals surface area contributed by atoms with Gasteiger partial charge >= 0.3 is 32.5 Å². The van der Waals surface area contributed by atoms with Gasteiger partial charge in [0.25, 0.3) is 0 Å². The van der Waals surface area contributed by atoms with Gasteiger partial charge in [-0.25, -0.2) is 0 Å². The van der Waals surface area contributed by atoms with Gasteiger partial charge in [-0.2, -0.15) is 36.8 Å². The highest BCUT2D eigenvalue weighted by Crippen LogP contribution is 2.32. The van der Waals surface area contributed by atoms with Gasteiger partial charge < -0.3 is 29.6 Å². The maximum Gasteiger partial charge on any atom is 0.412 e. The number of para-hydroxylation sites is 4. The first kappa shape index (κ1) is 42.5. The predicted octanol–water partition coefficient (Wildman–Crippen LogP) is 10.6. The van der Waals surface area contributed by atoms with Crippen LogP contribution in [0.2, 0.25) is 0 Å². The van der Waals surface area contributed by atoms with Crippen molar-refractivity contribution >= 4 is 55.7 Å². The van der Waals surface area contributed by atoms with Gasteiger partial charge in [0.05, 0.1) is 0 Å². The van der Waals surface area contributed by atoms with Gasteiger partial charge in [0, 0.05) is 23.5 Å². The summed E-state index contributed by atoms with van der Waals surface area (Å²) >= 11 is 0. The Balaban J connectivity index is 1.04. The zero-order valence-corrected chi connectivity index (χ0v) is 34.8. The van der Waals surface area contributed by atoms with E-state index in [1.165, 1.54) is 24.3 Å². The fourth-order valence-corrected chi connectivity index (χ4v) is 7.71. The van der Waals surface area contributed by atoms with Crippen LogP contribution in [0.5, 0.6) is 46.8 Å². The topological polar surface area (TPSA) is 210 Å². The molecule has 6 aromatic carbocycles. The molecule has 3 N–H and O–H groups in total. The predicted molar refractivity (Wildman–Crippen MR) is 238 cm³/mol. The Bertz CT molecular complexity index is 3000. The van der Waals surface area contributed by atoms with E-state index in [0.717, 1.165) is 6.07 Å². The lowest BCUT2D eigenvalue weighted by Gasteiger charge is -2.13. The normalized spacial score (nSPS) is 11.5. The molecular formula is C46H34N6O10S2. The smallest absolute Gasteiger partial charge is 0.412 e. The molecule has 0 fully saturated rings. The van der Waals surface area contributed by atoms with Crippen LogP contribution >= 0.6 is 0 Å². The van der Waals surface area contributed by atoms with E-state index < -0.39 is 25.4 Å². The molecule has 18 heteroatoms. The maximum atomic E-state index is 13.3. The van der Waals surface area contributed by atoms with Crippen molar-refractivity contribution in [2.45, 2.75) is 4.90 Å². The molecule has 0 bridgehead atoms. The van der Waals surface area contributed by atoms with E-state index in [9.17, 15) is 21.4 Å². The van der Waals surface area contributed by atoms with Crippen LogP contribution in [0.1, 0.15) is 11.1 Å². The summed E-state index contributed by atoms with van der Waals surface area (Å²) in [6, 6.07) is 50.0. The highest BCUT2D eigenvalue weighted by Gasteiger charge is 2.26. The van der Waals surface area contributed by atoms with Crippen LogP contribution in [0.15, 0.2) is 181 Å². The van der Waals surface area contributed by atoms with Crippen LogP contribution in [0, 0.1) is 0 Å². The van der Waals surface area contributed by atoms with Gasteiger partial charge in [0.15, 0.2) is 0 Å². The Morgan fingerprint density at radius 1 is 0.453 bits per heavy atom. The van der Waals surface area contributed by atoms with Gasteiger partial charge in [-0.1, -0.05) is 103 Å². The summed E-state index contributed by atoms with van der Waals surface area (Å²) in [6.07, 6.45) is 3.05. The van der Waals surface area contributed by atoms with E-state index in [1.807, 2.05) is 48.5 Å². The second-order valence-electron chi connectivity index (χ2n) is 13.3. The highest BCUT2D eigenvalue weighted by molar-refractivity contribution is 7.97. The average Bonchev–Trinajstić information content (AvgIpc) is 3.27. The van der Waals surface area contributed by atoms with Crippen LogP contribution in [0.3, 0.4) is 0 Å². The quantitative estimate of drug-likeness (QED) is 0.0573. The van der Waals surface area contributed by atoms with E-state index in [0.29, 0.717) is 40.1 Å². The van der Waals surface area contributed by atoms with Crippen LogP contribution in [-0.4, -0.2) is 41.3 Å². The number of rotatable bonds is 17. The number of hydrogen-bond donors (Lipinski definition) is 3. The van der Waals surface area contributed by atoms with Crippen molar-refractivity contribution < 1.29 is 44.0 Å². The summed E-state index contributed by atoms with van der Waals surface area (Å²) in [5, 5.41) is 6.21. The Kier molecular flexibility index (Phi) is 12.8. The molecule has 8 aromatic rings. The molecule has 16 nitrogen and oxygen atoms in total. The number of nitrogens with one attached hydrogen (secondary N) is 2. The zero-order chi connectivity index (χ0) is 44.4. The van der Waals surface area contributed by atoms with Crippen molar-refractivity contribution in [3.05, 3.63) is 187 Å². The van der Waals surface area contributed by atoms with Crippen molar-refractivity contribution in [2.75, 3.05) is 10.6 Å². The number of nitrogens with zero attached hydrogens (tertiary/aromatic N) is 4. The van der Waals surface area contributed by atoms with Crippen molar-refractivity contribution in [3.8, 4) is 46.8 Å². The molecule has 320 valence electrons. The molecule has 2 heterocycles. The molecular weight excluding hydrogens is 861 g/mol. The third kappa shape index (κ3) is 12.0. The molecule has 2 aromatic heterocycles. The summed E-state index contributed by atoms with van der Waals surface area (Å²) in [5.74, 6) is 2.86. The molecule has 64 heavy (non-hydrogen) atoms. The Hall–Kier alpha value is -8.16. The van der Waals surface area contributed by atoms with E-state index in [1.54, 1.807) is 109 Å². The van der Waals surface area contributed by atoms with Gasteiger partial charge in [-0.15, -0.1) is 3.63 Å². The molecule has 0 aliphatic rings. The molecule has 0 aliphatic heterocycles. The number of anilines is 4. The number of benzene rings is 6. The minimum Gasteiger partial charge on any atom is -0.439 e. The zero-order valence-electron chi connectivity index (χ0n) is 33.1. The average molecular weight is 895 g/mol. The molecule has 0 radical (unpaired) electrons. The summed E-state index contributed by atoms with van der Waals surface area (Å²) in [5.41, 5.74) is 1.43. The van der Waals surface area contributed by atoms with Crippen molar-refractivity contribution in [1.29, 1.82) is 0 Å². The summed E-state index contributed by atoms with van der Waals surface area (Å²) in [7, 11) is -10.6. The first-order valence-electron chi connectivity index (χ1n) is 19.1. The fraction of sp³-hybridized carbons (Fsp3) is 0. The minimum absolute atomic E-state index is 0.0261. The number of hydrogen-bond acceptors (Lipinski definition) is 15. The monoisotopic (exact) mass is 894 g/mol. The third-order valence-electron chi connectivity index (χ3n) is 8.57. The fourth-order valence-electron chi connectivity index (χ4n) is 5.81. The second-order valence-corrected chi connectivity index (χ2v) is 16.1. The van der Waals surface area contributed by atoms with Gasteiger partial charge in [0.1, 0.15) is 39.5 Å². The van der Waals surface area contributed by atoms with Crippen LogP contribution in [0.4, 0.5) is 23.0 Å². The van der Waals surface area contributed by atoms with Crippen molar-refractivity contribution in [1.82, 2.24) is 19.9 Å².